The Bertz CT molecular complexity index is 1080. The standard InChI is InChI=1S/C18H15FN4O3S/c1-24-13-7-8-14(15(9-13)25-2)17-22-23-16(20-21-18(23)27-17)10-26-12-5-3-11(19)4-6-12/h3-9H,10H2,1-2H3. The van der Waals surface area contributed by atoms with Crippen LogP contribution >= 0.6 is 11.3 Å². The van der Waals surface area contributed by atoms with Crippen LogP contribution in [0, 0.1) is 5.82 Å². The second-order valence-corrected chi connectivity index (χ2v) is 6.48. The first-order chi connectivity index (χ1) is 13.2. The van der Waals surface area contributed by atoms with Crippen LogP contribution in [0.15, 0.2) is 42.5 Å². The zero-order chi connectivity index (χ0) is 18.8. The molecule has 0 saturated heterocycles. The number of methoxy groups -OCH3 is 2. The molecule has 0 fully saturated rings. The van der Waals surface area contributed by atoms with Crippen LogP contribution in [0.3, 0.4) is 0 Å². The maximum absolute atomic E-state index is 13.0. The van der Waals surface area contributed by atoms with E-state index >= 15 is 0 Å². The zero-order valence-corrected chi connectivity index (χ0v) is 15.4. The van der Waals surface area contributed by atoms with Gasteiger partial charge in [-0.3, -0.25) is 0 Å². The molecule has 0 amide bonds. The average Bonchev–Trinajstić information content (AvgIpc) is 3.28. The van der Waals surface area contributed by atoms with Crippen LogP contribution in [0.1, 0.15) is 5.82 Å². The summed E-state index contributed by atoms with van der Waals surface area (Å²) in [6.45, 7) is 0.162. The van der Waals surface area contributed by atoms with Crippen molar-refractivity contribution in [3.8, 4) is 27.8 Å². The summed E-state index contributed by atoms with van der Waals surface area (Å²) in [5.41, 5.74) is 0.833. The molecule has 0 radical (unpaired) electrons. The number of benzene rings is 2. The molecule has 4 aromatic rings. The van der Waals surface area contributed by atoms with Crippen molar-refractivity contribution in [1.29, 1.82) is 0 Å². The van der Waals surface area contributed by atoms with E-state index in [0.717, 1.165) is 10.6 Å². The van der Waals surface area contributed by atoms with E-state index < -0.39 is 0 Å². The molecule has 0 N–H and O–H groups in total. The van der Waals surface area contributed by atoms with Gasteiger partial charge in [0.25, 0.3) is 0 Å². The predicted molar refractivity (Wildman–Crippen MR) is 97.9 cm³/mol. The van der Waals surface area contributed by atoms with Crippen molar-refractivity contribution < 1.29 is 18.6 Å². The summed E-state index contributed by atoms with van der Waals surface area (Å²) in [5.74, 6) is 2.13. The third kappa shape index (κ3) is 3.41. The van der Waals surface area contributed by atoms with E-state index in [0.29, 0.717) is 28.0 Å². The fourth-order valence-electron chi connectivity index (χ4n) is 2.51. The molecule has 9 heteroatoms. The highest BCUT2D eigenvalue weighted by molar-refractivity contribution is 7.19. The smallest absolute Gasteiger partial charge is 0.235 e. The molecule has 27 heavy (non-hydrogen) atoms. The molecule has 138 valence electrons. The van der Waals surface area contributed by atoms with Gasteiger partial charge in [0.1, 0.15) is 29.7 Å². The third-order valence-corrected chi connectivity index (χ3v) is 4.81. The third-order valence-electron chi connectivity index (χ3n) is 3.88. The maximum Gasteiger partial charge on any atom is 0.235 e. The lowest BCUT2D eigenvalue weighted by Gasteiger charge is -2.07. The van der Waals surface area contributed by atoms with E-state index in [2.05, 4.69) is 15.3 Å². The first kappa shape index (κ1) is 17.2. The lowest BCUT2D eigenvalue weighted by atomic mass is 10.2. The second kappa shape index (κ2) is 7.20. The largest absolute Gasteiger partial charge is 0.497 e. The van der Waals surface area contributed by atoms with Crippen LogP contribution in [-0.4, -0.2) is 34.0 Å². The molecule has 0 atom stereocenters. The van der Waals surface area contributed by atoms with Crippen molar-refractivity contribution in [2.45, 2.75) is 6.61 Å². The second-order valence-electron chi connectivity index (χ2n) is 5.53. The van der Waals surface area contributed by atoms with E-state index in [-0.39, 0.29) is 12.4 Å². The van der Waals surface area contributed by atoms with Gasteiger partial charge in [-0.25, -0.2) is 4.39 Å². The number of halogens is 1. The number of fused-ring (bicyclic) bond motifs is 1. The molecular formula is C18H15FN4O3S. The topological polar surface area (TPSA) is 70.8 Å². The molecule has 0 spiro atoms. The van der Waals surface area contributed by atoms with Gasteiger partial charge < -0.3 is 14.2 Å². The molecule has 7 nitrogen and oxygen atoms in total. The van der Waals surface area contributed by atoms with Gasteiger partial charge in [0.2, 0.25) is 4.96 Å². The normalized spacial score (nSPS) is 10.9. The molecule has 2 aromatic heterocycles. The number of nitrogens with zero attached hydrogens (tertiary/aromatic N) is 4. The Morgan fingerprint density at radius 3 is 2.52 bits per heavy atom. The minimum Gasteiger partial charge on any atom is -0.497 e. The Morgan fingerprint density at radius 2 is 1.78 bits per heavy atom. The Hall–Kier alpha value is -3.20. The number of ether oxygens (including phenoxy) is 3. The van der Waals surface area contributed by atoms with E-state index in [1.165, 1.54) is 23.5 Å². The quantitative estimate of drug-likeness (QED) is 0.504. The van der Waals surface area contributed by atoms with Gasteiger partial charge in [0, 0.05) is 6.07 Å². The summed E-state index contributed by atoms with van der Waals surface area (Å²) in [7, 11) is 3.20. The van der Waals surface area contributed by atoms with Gasteiger partial charge >= 0.3 is 0 Å². The Morgan fingerprint density at radius 1 is 1.00 bits per heavy atom. The van der Waals surface area contributed by atoms with Crippen molar-refractivity contribution >= 4 is 16.3 Å². The minimum atomic E-state index is -0.315. The Kier molecular flexibility index (Phi) is 4.59. The van der Waals surface area contributed by atoms with E-state index in [4.69, 9.17) is 14.2 Å². The van der Waals surface area contributed by atoms with Crippen LogP contribution < -0.4 is 14.2 Å². The lowest BCUT2D eigenvalue weighted by molar-refractivity contribution is 0.292. The SMILES string of the molecule is COc1ccc(-c2nn3c(COc4ccc(F)cc4)nnc3s2)c(OC)c1. The van der Waals surface area contributed by atoms with Gasteiger partial charge in [-0.2, -0.15) is 9.61 Å². The first-order valence-electron chi connectivity index (χ1n) is 8.00. The molecule has 0 unspecified atom stereocenters. The van der Waals surface area contributed by atoms with Gasteiger partial charge in [0.05, 0.1) is 19.8 Å². The molecule has 0 aliphatic rings. The van der Waals surface area contributed by atoms with Gasteiger partial charge in [0.15, 0.2) is 10.8 Å². The fraction of sp³-hybridized carbons (Fsp3) is 0.167. The lowest BCUT2D eigenvalue weighted by Crippen LogP contribution is -2.02. The molecule has 0 aliphatic heterocycles. The van der Waals surface area contributed by atoms with Crippen molar-refractivity contribution in [1.82, 2.24) is 19.8 Å². The highest BCUT2D eigenvalue weighted by Crippen LogP contribution is 2.35. The number of aromatic nitrogens is 4. The number of rotatable bonds is 6. The highest BCUT2D eigenvalue weighted by Gasteiger charge is 2.16. The summed E-state index contributed by atoms with van der Waals surface area (Å²) in [4.78, 5) is 0.639. The molecule has 2 aromatic carbocycles. The monoisotopic (exact) mass is 386 g/mol. The molecule has 0 saturated carbocycles. The summed E-state index contributed by atoms with van der Waals surface area (Å²) in [6.07, 6.45) is 0. The Balaban J connectivity index is 1.61. The van der Waals surface area contributed by atoms with Crippen LogP contribution in [0.5, 0.6) is 17.2 Å². The summed E-state index contributed by atoms with van der Waals surface area (Å²) < 4.78 is 30.9. The van der Waals surface area contributed by atoms with Gasteiger partial charge in [-0.1, -0.05) is 11.3 Å². The van der Waals surface area contributed by atoms with E-state index in [1.807, 2.05) is 12.1 Å². The summed E-state index contributed by atoms with van der Waals surface area (Å²) >= 11 is 1.39. The molecule has 2 heterocycles. The molecular weight excluding hydrogens is 371 g/mol. The minimum absolute atomic E-state index is 0.162. The number of hydrogen-bond donors (Lipinski definition) is 0. The van der Waals surface area contributed by atoms with Gasteiger partial charge in [-0.15, -0.1) is 10.2 Å². The van der Waals surface area contributed by atoms with E-state index in [9.17, 15) is 4.39 Å². The molecule has 4 rings (SSSR count). The predicted octanol–water partition coefficient (Wildman–Crippen LogP) is 3.59. The zero-order valence-electron chi connectivity index (χ0n) is 14.5. The Labute approximate surface area is 158 Å². The van der Waals surface area contributed by atoms with Crippen LogP contribution in [0.2, 0.25) is 0 Å². The average molecular weight is 386 g/mol. The highest BCUT2D eigenvalue weighted by atomic mass is 32.1. The van der Waals surface area contributed by atoms with E-state index in [1.54, 1.807) is 36.9 Å². The first-order valence-corrected chi connectivity index (χ1v) is 8.81. The maximum atomic E-state index is 13.0. The summed E-state index contributed by atoms with van der Waals surface area (Å²) in [5, 5.41) is 13.6. The van der Waals surface area contributed by atoms with Crippen LogP contribution in [0.4, 0.5) is 4.39 Å². The van der Waals surface area contributed by atoms with Crippen LogP contribution in [-0.2, 0) is 6.61 Å². The number of hydrogen-bond acceptors (Lipinski definition) is 7. The fourth-order valence-corrected chi connectivity index (χ4v) is 3.40. The van der Waals surface area contributed by atoms with Crippen molar-refractivity contribution in [3.63, 3.8) is 0 Å². The summed E-state index contributed by atoms with van der Waals surface area (Å²) in [6, 6.07) is 11.3. The van der Waals surface area contributed by atoms with Crippen molar-refractivity contribution in [2.24, 2.45) is 0 Å². The van der Waals surface area contributed by atoms with Gasteiger partial charge in [-0.05, 0) is 36.4 Å². The van der Waals surface area contributed by atoms with Crippen LogP contribution in [0.25, 0.3) is 15.5 Å². The van der Waals surface area contributed by atoms with Crippen molar-refractivity contribution in [3.05, 3.63) is 54.1 Å². The molecule has 0 aliphatic carbocycles. The molecule has 0 bridgehead atoms. The van der Waals surface area contributed by atoms with Crippen molar-refractivity contribution in [2.75, 3.05) is 14.2 Å².